The number of phosphoric acid groups is 1. The van der Waals surface area contributed by atoms with Gasteiger partial charge in [0, 0.05) is 13.0 Å². The van der Waals surface area contributed by atoms with Gasteiger partial charge in [0.15, 0.2) is 0 Å². The zero-order valence-electron chi connectivity index (χ0n) is 35.9. The number of nitrogens with zero attached hydrogens (tertiary/aromatic N) is 1. The number of ether oxygens (including phenoxy) is 2. The van der Waals surface area contributed by atoms with Gasteiger partial charge in [-0.1, -0.05) is 170 Å². The van der Waals surface area contributed by atoms with Crippen LogP contribution in [-0.2, 0) is 27.9 Å². The number of phosphoric ester groups is 1. The molecule has 2 atom stereocenters. The van der Waals surface area contributed by atoms with Gasteiger partial charge >= 0.3 is 13.8 Å². The minimum Gasteiger partial charge on any atom is -0.457 e. The minimum absolute atomic E-state index is 0.0727. The van der Waals surface area contributed by atoms with Crippen molar-refractivity contribution in [2.45, 2.75) is 161 Å². The standard InChI is InChI=1S/C46H82NO7P/c1-6-8-10-12-14-16-18-20-22-23-24-25-26-27-29-31-33-35-37-39-46(48)54-45(44-53-55(49,50)52-42-40-47(3,4)5)43-51-41-38-36-34-32-30-28-21-19-17-15-13-11-9-7-2/h8,10,14,16,20,22,24-25,27,29,33,35,45H,6-7,9,11-13,15,17-19,21,23,26,28,30-32,34,36-44H2,1-5H3/p+1. The van der Waals surface area contributed by atoms with Gasteiger partial charge in [-0.05, 0) is 51.4 Å². The number of likely N-dealkylation sites (N-methyl/N-ethyl adjacent to an activating group) is 1. The van der Waals surface area contributed by atoms with Gasteiger partial charge in [0.2, 0.25) is 0 Å². The van der Waals surface area contributed by atoms with Crippen LogP contribution in [0, 0.1) is 0 Å². The lowest BCUT2D eigenvalue weighted by molar-refractivity contribution is -0.870. The van der Waals surface area contributed by atoms with Gasteiger partial charge in [0.1, 0.15) is 19.3 Å². The van der Waals surface area contributed by atoms with Crippen LogP contribution in [0.2, 0.25) is 0 Å². The lowest BCUT2D eigenvalue weighted by Gasteiger charge is -2.24. The van der Waals surface area contributed by atoms with E-state index in [1.807, 2.05) is 33.3 Å². The van der Waals surface area contributed by atoms with Crippen molar-refractivity contribution in [2.24, 2.45) is 0 Å². The van der Waals surface area contributed by atoms with E-state index in [-0.39, 0.29) is 26.2 Å². The third-order valence-corrected chi connectivity index (χ3v) is 9.78. The van der Waals surface area contributed by atoms with E-state index in [1.165, 1.54) is 77.0 Å². The molecular formula is C46H83NO7P+. The molecule has 0 radical (unpaired) electrons. The van der Waals surface area contributed by atoms with Gasteiger partial charge < -0.3 is 18.9 Å². The molecule has 0 aromatic heterocycles. The maximum atomic E-state index is 12.7. The van der Waals surface area contributed by atoms with Crippen LogP contribution in [-0.4, -0.2) is 75.6 Å². The molecule has 0 saturated heterocycles. The summed E-state index contributed by atoms with van der Waals surface area (Å²) < 4.78 is 34.9. The summed E-state index contributed by atoms with van der Waals surface area (Å²) in [4.78, 5) is 22.8. The first-order valence-electron chi connectivity index (χ1n) is 21.7. The molecule has 0 rings (SSSR count). The number of hydrogen-bond donors (Lipinski definition) is 1. The van der Waals surface area contributed by atoms with Crippen molar-refractivity contribution in [1.29, 1.82) is 0 Å². The second-order valence-electron chi connectivity index (χ2n) is 15.3. The quantitative estimate of drug-likeness (QED) is 0.0218. The molecule has 0 aliphatic rings. The van der Waals surface area contributed by atoms with Crippen molar-refractivity contribution in [1.82, 2.24) is 0 Å². The third kappa shape index (κ3) is 42.9. The van der Waals surface area contributed by atoms with Crippen molar-refractivity contribution in [3.63, 3.8) is 0 Å². The smallest absolute Gasteiger partial charge is 0.457 e. The molecule has 0 heterocycles. The highest BCUT2D eigenvalue weighted by molar-refractivity contribution is 7.47. The monoisotopic (exact) mass is 793 g/mol. The summed E-state index contributed by atoms with van der Waals surface area (Å²) in [6, 6.07) is 0. The maximum Gasteiger partial charge on any atom is 0.472 e. The number of rotatable bonds is 39. The van der Waals surface area contributed by atoms with Crippen LogP contribution in [0.4, 0.5) is 0 Å². The Balaban J connectivity index is 4.39. The van der Waals surface area contributed by atoms with Gasteiger partial charge in [-0.2, -0.15) is 0 Å². The predicted molar refractivity (Wildman–Crippen MR) is 233 cm³/mol. The molecule has 0 saturated carbocycles. The summed E-state index contributed by atoms with van der Waals surface area (Å²) >= 11 is 0. The largest absolute Gasteiger partial charge is 0.472 e. The molecular weight excluding hydrogens is 709 g/mol. The Bertz CT molecular complexity index is 1110. The van der Waals surface area contributed by atoms with Crippen LogP contribution in [0.5, 0.6) is 0 Å². The predicted octanol–water partition coefficient (Wildman–Crippen LogP) is 12.7. The van der Waals surface area contributed by atoms with E-state index in [4.69, 9.17) is 18.5 Å². The summed E-state index contributed by atoms with van der Waals surface area (Å²) in [6.45, 7) is 5.40. The molecule has 0 fully saturated rings. The van der Waals surface area contributed by atoms with Crippen LogP contribution >= 0.6 is 7.82 Å². The molecule has 0 spiro atoms. The zero-order valence-corrected chi connectivity index (χ0v) is 36.8. The van der Waals surface area contributed by atoms with Crippen LogP contribution < -0.4 is 0 Å². The van der Waals surface area contributed by atoms with Gasteiger partial charge in [-0.3, -0.25) is 13.8 Å². The molecule has 1 N–H and O–H groups in total. The first-order valence-corrected chi connectivity index (χ1v) is 23.2. The van der Waals surface area contributed by atoms with Crippen molar-refractivity contribution in [3.8, 4) is 0 Å². The van der Waals surface area contributed by atoms with E-state index in [2.05, 4.69) is 74.6 Å². The third-order valence-electron chi connectivity index (χ3n) is 8.80. The van der Waals surface area contributed by atoms with E-state index >= 15 is 0 Å². The van der Waals surface area contributed by atoms with Crippen molar-refractivity contribution < 1.29 is 37.3 Å². The second-order valence-corrected chi connectivity index (χ2v) is 16.8. The van der Waals surface area contributed by atoms with E-state index in [0.717, 1.165) is 51.4 Å². The summed E-state index contributed by atoms with van der Waals surface area (Å²) in [6.07, 6.45) is 49.5. The molecule has 0 bridgehead atoms. The fraction of sp³-hybridized carbons (Fsp3) is 0.717. The Morgan fingerprint density at radius 1 is 0.582 bits per heavy atom. The van der Waals surface area contributed by atoms with Crippen LogP contribution in [0.15, 0.2) is 72.9 Å². The van der Waals surface area contributed by atoms with Crippen LogP contribution in [0.3, 0.4) is 0 Å². The molecule has 2 unspecified atom stereocenters. The Kier molecular flexibility index (Phi) is 37.3. The van der Waals surface area contributed by atoms with Crippen LogP contribution in [0.1, 0.15) is 155 Å². The Hall–Kier alpha value is -2.06. The van der Waals surface area contributed by atoms with Gasteiger partial charge in [-0.25, -0.2) is 4.57 Å². The normalized spacial score (nSPS) is 14.5. The molecule has 318 valence electrons. The average molecular weight is 793 g/mol. The first kappa shape index (κ1) is 52.9. The number of carbonyl (C=O) groups excluding carboxylic acids is 1. The highest BCUT2D eigenvalue weighted by atomic mass is 31.2. The Labute approximate surface area is 338 Å². The molecule has 0 aliphatic carbocycles. The molecule has 9 heteroatoms. The number of carbonyl (C=O) groups is 1. The van der Waals surface area contributed by atoms with E-state index in [9.17, 15) is 14.3 Å². The van der Waals surface area contributed by atoms with E-state index in [0.29, 0.717) is 24.1 Å². The SMILES string of the molecule is CCC=CCC=CCC=CCC=CCC=CCC=CCCC(=O)OC(COCCCCCCCCCCCCCCCC)COP(=O)(O)OCC[N+](C)(C)C. The number of unbranched alkanes of at least 4 members (excludes halogenated alkanes) is 13. The number of esters is 1. The molecule has 8 nitrogen and oxygen atoms in total. The number of hydrogen-bond acceptors (Lipinski definition) is 6. The van der Waals surface area contributed by atoms with Gasteiger partial charge in [-0.15, -0.1) is 0 Å². The highest BCUT2D eigenvalue weighted by Gasteiger charge is 2.26. The van der Waals surface area contributed by atoms with Crippen molar-refractivity contribution in [3.05, 3.63) is 72.9 Å². The molecule has 0 aliphatic heterocycles. The number of quaternary nitrogens is 1. The zero-order chi connectivity index (χ0) is 40.6. The topological polar surface area (TPSA) is 91.3 Å². The van der Waals surface area contributed by atoms with Crippen molar-refractivity contribution >= 4 is 13.8 Å². The highest BCUT2D eigenvalue weighted by Crippen LogP contribution is 2.43. The fourth-order valence-electron chi connectivity index (χ4n) is 5.46. The van der Waals surface area contributed by atoms with Crippen LogP contribution in [0.25, 0.3) is 0 Å². The molecule has 0 aromatic carbocycles. The summed E-state index contributed by atoms with van der Waals surface area (Å²) in [5.41, 5.74) is 0. The molecule has 55 heavy (non-hydrogen) atoms. The van der Waals surface area contributed by atoms with Gasteiger partial charge in [0.25, 0.3) is 0 Å². The molecule has 0 amide bonds. The Morgan fingerprint density at radius 2 is 1.02 bits per heavy atom. The van der Waals surface area contributed by atoms with Crippen molar-refractivity contribution in [2.75, 3.05) is 54.1 Å². The second kappa shape index (κ2) is 38.8. The van der Waals surface area contributed by atoms with Gasteiger partial charge in [0.05, 0.1) is 34.4 Å². The molecule has 0 aromatic rings. The Morgan fingerprint density at radius 3 is 1.47 bits per heavy atom. The van der Waals surface area contributed by atoms with E-state index in [1.54, 1.807) is 0 Å². The first-order chi connectivity index (χ1) is 26.6. The summed E-state index contributed by atoms with van der Waals surface area (Å²) in [7, 11) is 1.61. The average Bonchev–Trinajstić information content (AvgIpc) is 3.13. The van der Waals surface area contributed by atoms with E-state index < -0.39 is 19.9 Å². The maximum absolute atomic E-state index is 12.7. The minimum atomic E-state index is -4.30. The summed E-state index contributed by atoms with van der Waals surface area (Å²) in [5, 5.41) is 0. The lowest BCUT2D eigenvalue weighted by Crippen LogP contribution is -2.37. The fourth-order valence-corrected chi connectivity index (χ4v) is 6.20. The number of allylic oxidation sites excluding steroid dienone is 12. The summed E-state index contributed by atoms with van der Waals surface area (Å²) in [5.74, 6) is -0.396. The lowest BCUT2D eigenvalue weighted by atomic mass is 10.0.